The van der Waals surface area contributed by atoms with Crippen LogP contribution in [0.3, 0.4) is 0 Å². The summed E-state index contributed by atoms with van der Waals surface area (Å²) in [6.07, 6.45) is 4.32. The number of anilines is 1. The molecule has 1 aromatic heterocycles. The Morgan fingerprint density at radius 1 is 1.10 bits per heavy atom. The van der Waals surface area contributed by atoms with Crippen LogP contribution in [0.4, 0.5) is 11.6 Å². The van der Waals surface area contributed by atoms with Crippen molar-refractivity contribution in [3.05, 3.63) is 47.2 Å². The van der Waals surface area contributed by atoms with Crippen molar-refractivity contribution in [2.75, 3.05) is 18.0 Å². The second-order valence-corrected chi connectivity index (χ2v) is 5.42. The third-order valence-corrected chi connectivity index (χ3v) is 3.71. The molecule has 2 aromatic rings. The largest absolute Gasteiger partial charge is 0.440 e. The normalized spacial score (nSPS) is 15.4. The summed E-state index contributed by atoms with van der Waals surface area (Å²) in [6, 6.07) is 10.3. The first-order valence-corrected chi connectivity index (χ1v) is 7.18. The molecule has 1 aliphatic heterocycles. The molecule has 3 nitrogen and oxygen atoms in total. The average Bonchev–Trinajstić information content (AvgIpc) is 3.08. The Kier molecular flexibility index (Phi) is 3.59. The van der Waals surface area contributed by atoms with Crippen LogP contribution in [0.25, 0.3) is 0 Å². The summed E-state index contributed by atoms with van der Waals surface area (Å²) in [5.41, 5.74) is 3.44. The number of furan rings is 1. The number of aryl methyl sites for hydroxylation is 2. The SMILES string of the molecule is Cc1ccc(N=Cc2ccc(N3CCCC3)o2)c(C)c1. The van der Waals surface area contributed by atoms with E-state index in [-0.39, 0.29) is 0 Å². The summed E-state index contributed by atoms with van der Waals surface area (Å²) in [6.45, 7) is 6.37. The Balaban J connectivity index is 1.75. The smallest absolute Gasteiger partial charge is 0.196 e. The van der Waals surface area contributed by atoms with Crippen molar-refractivity contribution in [2.45, 2.75) is 26.7 Å². The molecule has 0 N–H and O–H groups in total. The van der Waals surface area contributed by atoms with Gasteiger partial charge in [-0.3, -0.25) is 4.99 Å². The van der Waals surface area contributed by atoms with E-state index in [4.69, 9.17) is 4.42 Å². The molecule has 0 saturated carbocycles. The molecule has 0 amide bonds. The van der Waals surface area contributed by atoms with Crippen LogP contribution in [0.15, 0.2) is 39.7 Å². The lowest BCUT2D eigenvalue weighted by Gasteiger charge is -2.12. The maximum Gasteiger partial charge on any atom is 0.196 e. The van der Waals surface area contributed by atoms with Gasteiger partial charge in [-0.05, 0) is 44.4 Å². The second kappa shape index (κ2) is 5.53. The fourth-order valence-electron chi connectivity index (χ4n) is 2.60. The van der Waals surface area contributed by atoms with E-state index in [1.54, 1.807) is 6.21 Å². The standard InChI is InChI=1S/C17H20N2O/c1-13-5-7-16(14(2)11-13)18-12-15-6-8-17(20-15)19-9-3-4-10-19/h5-8,11-12H,3-4,9-10H2,1-2H3. The summed E-state index contributed by atoms with van der Waals surface area (Å²) in [4.78, 5) is 6.81. The molecule has 0 aliphatic carbocycles. The number of nitrogens with zero attached hydrogens (tertiary/aromatic N) is 2. The quantitative estimate of drug-likeness (QED) is 0.779. The highest BCUT2D eigenvalue weighted by Gasteiger charge is 2.15. The molecule has 3 rings (SSSR count). The molecule has 0 radical (unpaired) electrons. The first-order chi connectivity index (χ1) is 9.72. The molecule has 20 heavy (non-hydrogen) atoms. The second-order valence-electron chi connectivity index (χ2n) is 5.42. The first kappa shape index (κ1) is 13.0. The van der Waals surface area contributed by atoms with Gasteiger partial charge >= 0.3 is 0 Å². The molecule has 1 aromatic carbocycles. The van der Waals surface area contributed by atoms with Crippen LogP contribution in [-0.2, 0) is 0 Å². The van der Waals surface area contributed by atoms with E-state index in [0.29, 0.717) is 0 Å². The highest BCUT2D eigenvalue weighted by atomic mass is 16.4. The van der Waals surface area contributed by atoms with Gasteiger partial charge < -0.3 is 9.32 Å². The fourth-order valence-corrected chi connectivity index (χ4v) is 2.60. The minimum atomic E-state index is 0.812. The third-order valence-electron chi connectivity index (χ3n) is 3.71. The van der Waals surface area contributed by atoms with E-state index >= 15 is 0 Å². The van der Waals surface area contributed by atoms with Crippen molar-refractivity contribution >= 4 is 17.8 Å². The van der Waals surface area contributed by atoms with Gasteiger partial charge in [0.25, 0.3) is 0 Å². The monoisotopic (exact) mass is 268 g/mol. The van der Waals surface area contributed by atoms with Crippen LogP contribution in [0.5, 0.6) is 0 Å². The minimum absolute atomic E-state index is 0.812. The lowest BCUT2D eigenvalue weighted by molar-refractivity contribution is 0.550. The van der Waals surface area contributed by atoms with Gasteiger partial charge in [-0.15, -0.1) is 0 Å². The van der Waals surface area contributed by atoms with E-state index in [0.717, 1.165) is 30.4 Å². The molecular weight excluding hydrogens is 248 g/mol. The highest BCUT2D eigenvalue weighted by molar-refractivity contribution is 5.79. The van der Waals surface area contributed by atoms with Crippen molar-refractivity contribution in [3.63, 3.8) is 0 Å². The van der Waals surface area contributed by atoms with Gasteiger partial charge in [-0.2, -0.15) is 0 Å². The number of aliphatic imine (C=N–C) groups is 1. The van der Waals surface area contributed by atoms with Crippen LogP contribution in [-0.4, -0.2) is 19.3 Å². The predicted molar refractivity (Wildman–Crippen MR) is 83.3 cm³/mol. The molecule has 1 fully saturated rings. The van der Waals surface area contributed by atoms with Gasteiger partial charge in [-0.25, -0.2) is 0 Å². The number of hydrogen-bond donors (Lipinski definition) is 0. The Bertz CT molecular complexity index is 622. The van der Waals surface area contributed by atoms with Gasteiger partial charge in [0.1, 0.15) is 5.76 Å². The summed E-state index contributed by atoms with van der Waals surface area (Å²) in [5.74, 6) is 1.77. The average molecular weight is 268 g/mol. The molecule has 3 heteroatoms. The maximum absolute atomic E-state index is 5.83. The molecule has 2 heterocycles. The van der Waals surface area contributed by atoms with E-state index in [1.807, 2.05) is 18.2 Å². The lowest BCUT2D eigenvalue weighted by atomic mass is 10.1. The molecule has 104 valence electrons. The van der Waals surface area contributed by atoms with E-state index in [9.17, 15) is 0 Å². The fraction of sp³-hybridized carbons (Fsp3) is 0.353. The molecule has 1 saturated heterocycles. The van der Waals surface area contributed by atoms with Gasteiger partial charge in [0, 0.05) is 19.2 Å². The molecule has 0 bridgehead atoms. The van der Waals surface area contributed by atoms with Crippen molar-refractivity contribution in [1.82, 2.24) is 0 Å². The van der Waals surface area contributed by atoms with Gasteiger partial charge in [0.2, 0.25) is 0 Å². The molecular formula is C17H20N2O. The topological polar surface area (TPSA) is 28.7 Å². The molecule has 0 unspecified atom stereocenters. The Hall–Kier alpha value is -2.03. The zero-order chi connectivity index (χ0) is 13.9. The van der Waals surface area contributed by atoms with Crippen LogP contribution >= 0.6 is 0 Å². The summed E-state index contributed by atoms with van der Waals surface area (Å²) in [7, 11) is 0. The Morgan fingerprint density at radius 2 is 1.90 bits per heavy atom. The lowest BCUT2D eigenvalue weighted by Crippen LogP contribution is -2.16. The van der Waals surface area contributed by atoms with Crippen molar-refractivity contribution in [1.29, 1.82) is 0 Å². The molecule has 1 aliphatic rings. The van der Waals surface area contributed by atoms with Crippen molar-refractivity contribution < 1.29 is 4.42 Å². The first-order valence-electron chi connectivity index (χ1n) is 7.18. The predicted octanol–water partition coefficient (Wildman–Crippen LogP) is 4.25. The Labute approximate surface area is 119 Å². The van der Waals surface area contributed by atoms with Gasteiger partial charge in [0.15, 0.2) is 5.88 Å². The Morgan fingerprint density at radius 3 is 2.65 bits per heavy atom. The minimum Gasteiger partial charge on any atom is -0.440 e. The van der Waals surface area contributed by atoms with Crippen LogP contribution in [0, 0.1) is 13.8 Å². The number of benzene rings is 1. The molecule has 0 spiro atoms. The van der Waals surface area contributed by atoms with Crippen LogP contribution in [0.1, 0.15) is 29.7 Å². The third kappa shape index (κ3) is 2.77. The van der Waals surface area contributed by atoms with Crippen LogP contribution < -0.4 is 4.90 Å². The summed E-state index contributed by atoms with van der Waals surface area (Å²) >= 11 is 0. The maximum atomic E-state index is 5.83. The number of hydrogen-bond acceptors (Lipinski definition) is 3. The van der Waals surface area contributed by atoms with Gasteiger partial charge in [0.05, 0.1) is 11.9 Å². The zero-order valence-corrected chi connectivity index (χ0v) is 12.1. The van der Waals surface area contributed by atoms with E-state index in [2.05, 4.69) is 35.9 Å². The van der Waals surface area contributed by atoms with Crippen molar-refractivity contribution in [3.8, 4) is 0 Å². The highest BCUT2D eigenvalue weighted by Crippen LogP contribution is 2.23. The zero-order valence-electron chi connectivity index (χ0n) is 12.1. The molecule has 0 atom stereocenters. The summed E-state index contributed by atoms with van der Waals surface area (Å²) in [5, 5.41) is 0. The van der Waals surface area contributed by atoms with E-state index in [1.165, 1.54) is 24.0 Å². The van der Waals surface area contributed by atoms with Gasteiger partial charge in [-0.1, -0.05) is 17.7 Å². The van der Waals surface area contributed by atoms with E-state index < -0.39 is 0 Å². The number of rotatable bonds is 3. The van der Waals surface area contributed by atoms with Crippen molar-refractivity contribution in [2.24, 2.45) is 4.99 Å². The van der Waals surface area contributed by atoms with Crippen LogP contribution in [0.2, 0.25) is 0 Å². The summed E-state index contributed by atoms with van der Waals surface area (Å²) < 4.78 is 5.83.